The number of rotatable bonds is 9. The number of hydrogen-bond donors (Lipinski definition) is 1. The first-order valence-corrected chi connectivity index (χ1v) is 9.99. The van der Waals surface area contributed by atoms with E-state index in [4.69, 9.17) is 9.15 Å². The monoisotopic (exact) mass is 401 g/mol. The van der Waals surface area contributed by atoms with Gasteiger partial charge in [-0.15, -0.1) is 16.9 Å². The van der Waals surface area contributed by atoms with Crippen LogP contribution >= 0.6 is 11.8 Å². The highest BCUT2D eigenvalue weighted by molar-refractivity contribution is 7.99. The lowest BCUT2D eigenvalue weighted by molar-refractivity contribution is -0.116. The van der Waals surface area contributed by atoms with Gasteiger partial charge >= 0.3 is 6.01 Å². The summed E-state index contributed by atoms with van der Waals surface area (Å²) in [5, 5.41) is 14.8. The molecule has 2 aromatic heterocycles. The van der Waals surface area contributed by atoms with Crippen molar-refractivity contribution in [3.8, 4) is 17.3 Å². The predicted molar refractivity (Wildman–Crippen MR) is 107 cm³/mol. The van der Waals surface area contributed by atoms with Crippen LogP contribution in [0.25, 0.3) is 11.6 Å². The van der Waals surface area contributed by atoms with Crippen molar-refractivity contribution in [3.05, 3.63) is 36.5 Å². The summed E-state index contributed by atoms with van der Waals surface area (Å²) in [5.74, 6) is 1.79. The van der Waals surface area contributed by atoms with Crippen LogP contribution in [0.4, 0.5) is 6.01 Å². The molecule has 1 amide bonds. The molecule has 0 saturated carbocycles. The highest BCUT2D eigenvalue weighted by Gasteiger charge is 2.14. The number of carbonyl (C=O) groups excluding carboxylic acids is 1. The van der Waals surface area contributed by atoms with Crippen LogP contribution in [0.2, 0.25) is 0 Å². The molecule has 2 heterocycles. The van der Waals surface area contributed by atoms with Gasteiger partial charge in [0.25, 0.3) is 5.89 Å². The zero-order chi connectivity index (χ0) is 19.9. The Labute approximate surface area is 167 Å². The number of ether oxygens (including phenoxy) is 1. The van der Waals surface area contributed by atoms with Gasteiger partial charge in [-0.1, -0.05) is 5.10 Å². The van der Waals surface area contributed by atoms with E-state index in [9.17, 15) is 4.79 Å². The first-order valence-electron chi connectivity index (χ1n) is 9.01. The van der Waals surface area contributed by atoms with Gasteiger partial charge < -0.3 is 9.15 Å². The van der Waals surface area contributed by atoms with E-state index in [1.165, 1.54) is 0 Å². The van der Waals surface area contributed by atoms with Crippen LogP contribution in [0.15, 0.2) is 45.8 Å². The van der Waals surface area contributed by atoms with Crippen molar-refractivity contribution in [3.63, 3.8) is 0 Å². The normalized spacial score (nSPS) is 11.0. The Balaban J connectivity index is 1.42. The molecular formula is C19H23N5O3S. The smallest absolute Gasteiger partial charge is 0.322 e. The molecule has 3 rings (SSSR count). The fourth-order valence-corrected chi connectivity index (χ4v) is 3.25. The summed E-state index contributed by atoms with van der Waals surface area (Å²) in [7, 11) is 1.64. The molecule has 0 fully saturated rings. The second-order valence-corrected chi connectivity index (χ2v) is 7.53. The summed E-state index contributed by atoms with van der Waals surface area (Å²) in [6.07, 6.45) is 2.97. The minimum atomic E-state index is -0.154. The lowest BCUT2D eigenvalue weighted by Crippen LogP contribution is -2.11. The number of hydrogen-bond acceptors (Lipinski definition) is 7. The SMILES string of the molecule is COc1ccc(SCCCC(=O)Nc2nnc(-c3ccn(C(C)C)n3)o2)cc1. The fourth-order valence-electron chi connectivity index (χ4n) is 2.39. The molecule has 1 aromatic carbocycles. The minimum Gasteiger partial charge on any atom is -0.497 e. The number of aromatic nitrogens is 4. The Morgan fingerprint density at radius 2 is 2.04 bits per heavy atom. The van der Waals surface area contributed by atoms with E-state index in [0.29, 0.717) is 12.1 Å². The van der Waals surface area contributed by atoms with Gasteiger partial charge in [0.1, 0.15) is 11.4 Å². The molecule has 1 N–H and O–H groups in total. The third-order valence-electron chi connectivity index (χ3n) is 3.90. The lowest BCUT2D eigenvalue weighted by Gasteiger charge is -2.03. The van der Waals surface area contributed by atoms with E-state index in [-0.39, 0.29) is 23.9 Å². The average molecular weight is 401 g/mol. The maximum Gasteiger partial charge on any atom is 0.322 e. The van der Waals surface area contributed by atoms with E-state index in [2.05, 4.69) is 20.6 Å². The van der Waals surface area contributed by atoms with Gasteiger partial charge in [-0.25, -0.2) is 0 Å². The van der Waals surface area contributed by atoms with Crippen LogP contribution in [-0.2, 0) is 4.79 Å². The lowest BCUT2D eigenvalue weighted by atomic mass is 10.3. The quantitative estimate of drug-likeness (QED) is 0.427. The average Bonchev–Trinajstić information content (AvgIpc) is 3.35. The Hall–Kier alpha value is -2.81. The molecule has 0 aliphatic carbocycles. The Kier molecular flexibility index (Phi) is 6.70. The molecule has 0 aliphatic rings. The van der Waals surface area contributed by atoms with Crippen LogP contribution in [-0.4, -0.2) is 38.7 Å². The maximum absolute atomic E-state index is 12.1. The van der Waals surface area contributed by atoms with Crippen molar-refractivity contribution in [1.29, 1.82) is 0 Å². The van der Waals surface area contributed by atoms with Crippen molar-refractivity contribution >= 4 is 23.7 Å². The topological polar surface area (TPSA) is 95.1 Å². The minimum absolute atomic E-state index is 0.0851. The number of thioether (sulfide) groups is 1. The van der Waals surface area contributed by atoms with Crippen LogP contribution in [0.5, 0.6) is 5.75 Å². The molecule has 148 valence electrons. The molecular weight excluding hydrogens is 378 g/mol. The summed E-state index contributed by atoms with van der Waals surface area (Å²) in [5.41, 5.74) is 0.581. The highest BCUT2D eigenvalue weighted by atomic mass is 32.2. The first kappa shape index (κ1) is 19.9. The van der Waals surface area contributed by atoms with E-state index in [0.717, 1.165) is 22.8 Å². The number of nitrogens with zero attached hydrogens (tertiary/aromatic N) is 4. The third kappa shape index (κ3) is 5.35. The van der Waals surface area contributed by atoms with Crippen LogP contribution in [0.1, 0.15) is 32.7 Å². The Bertz CT molecular complexity index is 904. The summed E-state index contributed by atoms with van der Waals surface area (Å²) in [6, 6.07) is 9.98. The largest absolute Gasteiger partial charge is 0.497 e. The van der Waals surface area contributed by atoms with E-state index in [1.807, 2.05) is 44.3 Å². The molecule has 0 atom stereocenters. The summed E-state index contributed by atoms with van der Waals surface area (Å²) < 4.78 is 12.4. The van der Waals surface area contributed by atoms with Gasteiger partial charge in [0.05, 0.1) is 7.11 Å². The third-order valence-corrected chi connectivity index (χ3v) is 5.00. The summed E-state index contributed by atoms with van der Waals surface area (Å²) in [6.45, 7) is 4.06. The predicted octanol–water partition coefficient (Wildman–Crippen LogP) is 4.03. The van der Waals surface area contributed by atoms with Gasteiger partial charge in [0.2, 0.25) is 5.91 Å². The van der Waals surface area contributed by atoms with Crippen LogP contribution < -0.4 is 10.1 Å². The zero-order valence-electron chi connectivity index (χ0n) is 16.1. The number of amides is 1. The van der Waals surface area contributed by atoms with Crippen molar-refractivity contribution in [1.82, 2.24) is 20.0 Å². The standard InChI is InChI=1S/C19H23N5O3S/c1-13(2)24-11-10-16(23-24)18-21-22-19(27-18)20-17(25)5-4-12-28-15-8-6-14(26-3)7-9-15/h6-11,13H,4-5,12H2,1-3H3,(H,20,22,25). The van der Waals surface area contributed by atoms with Crippen LogP contribution in [0, 0.1) is 0 Å². The molecule has 28 heavy (non-hydrogen) atoms. The molecule has 8 nitrogen and oxygen atoms in total. The molecule has 0 saturated heterocycles. The number of methoxy groups -OCH3 is 1. The second kappa shape index (κ2) is 9.41. The number of benzene rings is 1. The van der Waals surface area contributed by atoms with Crippen molar-refractivity contribution in [2.45, 2.75) is 37.6 Å². The van der Waals surface area contributed by atoms with Gasteiger partial charge in [0, 0.05) is 23.6 Å². The zero-order valence-corrected chi connectivity index (χ0v) is 16.9. The second-order valence-electron chi connectivity index (χ2n) is 6.36. The van der Waals surface area contributed by atoms with Gasteiger partial charge in [-0.2, -0.15) is 5.10 Å². The van der Waals surface area contributed by atoms with E-state index < -0.39 is 0 Å². The van der Waals surface area contributed by atoms with Gasteiger partial charge in [-0.05, 0) is 56.4 Å². The summed E-state index contributed by atoms with van der Waals surface area (Å²) >= 11 is 1.70. The molecule has 0 radical (unpaired) electrons. The summed E-state index contributed by atoms with van der Waals surface area (Å²) in [4.78, 5) is 13.2. The molecule has 0 bridgehead atoms. The molecule has 9 heteroatoms. The molecule has 0 spiro atoms. The Morgan fingerprint density at radius 1 is 1.25 bits per heavy atom. The Morgan fingerprint density at radius 3 is 2.71 bits per heavy atom. The maximum atomic E-state index is 12.1. The molecule has 3 aromatic rings. The first-order chi connectivity index (χ1) is 13.5. The fraction of sp³-hybridized carbons (Fsp3) is 0.368. The van der Waals surface area contributed by atoms with Crippen LogP contribution in [0.3, 0.4) is 0 Å². The number of carbonyl (C=O) groups is 1. The highest BCUT2D eigenvalue weighted by Crippen LogP contribution is 2.22. The van der Waals surface area contributed by atoms with Crippen molar-refractivity contribution < 1.29 is 13.9 Å². The number of nitrogens with one attached hydrogen (secondary N) is 1. The van der Waals surface area contributed by atoms with Crippen molar-refractivity contribution in [2.24, 2.45) is 0 Å². The van der Waals surface area contributed by atoms with E-state index >= 15 is 0 Å². The number of anilines is 1. The van der Waals surface area contributed by atoms with E-state index in [1.54, 1.807) is 29.6 Å². The van der Waals surface area contributed by atoms with Gasteiger partial charge in [0.15, 0.2) is 0 Å². The molecule has 0 unspecified atom stereocenters. The molecule has 0 aliphatic heterocycles. The van der Waals surface area contributed by atoms with Gasteiger partial charge in [-0.3, -0.25) is 14.8 Å². The van der Waals surface area contributed by atoms with Crippen molar-refractivity contribution in [2.75, 3.05) is 18.2 Å².